The number of ether oxygens (including phenoxy) is 4. The van der Waals surface area contributed by atoms with Crippen LogP contribution in [0.5, 0.6) is 0 Å². The minimum atomic E-state index is -4.97. The van der Waals surface area contributed by atoms with E-state index in [1.165, 1.54) is 289 Å². The van der Waals surface area contributed by atoms with E-state index in [0.717, 1.165) is 102 Å². The molecule has 3 N–H and O–H groups in total. The highest BCUT2D eigenvalue weighted by Crippen LogP contribution is 2.45. The van der Waals surface area contributed by atoms with Gasteiger partial charge >= 0.3 is 39.5 Å². The fraction of sp³-hybridized carbons (Fsp3) is 0.955. The third-order valence-corrected chi connectivity index (χ3v) is 23.0. The maximum absolute atomic E-state index is 13.2. The molecule has 636 valence electrons. The molecule has 107 heavy (non-hydrogen) atoms. The first-order chi connectivity index (χ1) is 51.9. The summed E-state index contributed by atoms with van der Waals surface area (Å²) in [5, 5.41) is 10.7. The molecule has 0 fully saturated rings. The van der Waals surface area contributed by atoms with Gasteiger partial charge in [-0.3, -0.25) is 37.3 Å². The predicted octanol–water partition coefficient (Wildman–Crippen LogP) is 27.0. The lowest BCUT2D eigenvalue weighted by Gasteiger charge is -2.21. The highest BCUT2D eigenvalue weighted by Gasteiger charge is 2.31. The van der Waals surface area contributed by atoms with Gasteiger partial charge in [0.25, 0.3) is 0 Å². The van der Waals surface area contributed by atoms with Gasteiger partial charge in [-0.25, -0.2) is 9.13 Å². The van der Waals surface area contributed by atoms with E-state index < -0.39 is 97.5 Å². The van der Waals surface area contributed by atoms with Crippen LogP contribution in [0.15, 0.2) is 0 Å². The molecule has 0 aromatic heterocycles. The van der Waals surface area contributed by atoms with Crippen LogP contribution in [0.3, 0.4) is 0 Å². The summed E-state index contributed by atoms with van der Waals surface area (Å²) in [5.74, 6) is -0.502. The van der Waals surface area contributed by atoms with Gasteiger partial charge < -0.3 is 33.8 Å². The number of carbonyl (C=O) groups is 4. The Morgan fingerprint density at radius 1 is 0.271 bits per heavy atom. The third kappa shape index (κ3) is 80.5. The second-order valence-corrected chi connectivity index (χ2v) is 35.3. The molecule has 3 unspecified atom stereocenters. The highest BCUT2D eigenvalue weighted by atomic mass is 31.2. The van der Waals surface area contributed by atoms with Crippen molar-refractivity contribution in [3.63, 3.8) is 0 Å². The number of aliphatic hydroxyl groups excluding tert-OH is 1. The van der Waals surface area contributed by atoms with Crippen LogP contribution in [0.25, 0.3) is 0 Å². The van der Waals surface area contributed by atoms with Crippen LogP contribution in [0.4, 0.5) is 0 Å². The molecular formula is C88H172O17P2. The van der Waals surface area contributed by atoms with Crippen molar-refractivity contribution in [2.24, 2.45) is 11.8 Å². The lowest BCUT2D eigenvalue weighted by atomic mass is 9.99. The zero-order valence-electron chi connectivity index (χ0n) is 70.5. The van der Waals surface area contributed by atoms with Gasteiger partial charge in [0, 0.05) is 25.7 Å². The second kappa shape index (κ2) is 79.3. The van der Waals surface area contributed by atoms with Crippen molar-refractivity contribution in [1.29, 1.82) is 0 Å². The Labute approximate surface area is 658 Å². The molecule has 0 aliphatic rings. The molecule has 17 nitrogen and oxygen atoms in total. The van der Waals surface area contributed by atoms with Crippen molar-refractivity contribution in [1.82, 2.24) is 0 Å². The predicted molar refractivity (Wildman–Crippen MR) is 442 cm³/mol. The lowest BCUT2D eigenvalue weighted by molar-refractivity contribution is -0.161. The number of hydrogen-bond donors (Lipinski definition) is 3. The molecule has 0 heterocycles. The molecule has 0 radical (unpaired) electrons. The number of unbranched alkanes of at least 4 members (excludes halogenated alkanes) is 56. The van der Waals surface area contributed by atoms with Crippen LogP contribution < -0.4 is 0 Å². The first kappa shape index (κ1) is 105. The van der Waals surface area contributed by atoms with E-state index in [2.05, 4.69) is 41.5 Å². The van der Waals surface area contributed by atoms with Gasteiger partial charge in [-0.15, -0.1) is 0 Å². The molecular weight excluding hydrogens is 1390 g/mol. The van der Waals surface area contributed by atoms with Crippen LogP contribution in [0.1, 0.15) is 472 Å². The highest BCUT2D eigenvalue weighted by molar-refractivity contribution is 7.47. The Hall–Kier alpha value is -1.94. The molecule has 0 amide bonds. The van der Waals surface area contributed by atoms with Gasteiger partial charge in [-0.2, -0.15) is 0 Å². The number of rotatable bonds is 87. The van der Waals surface area contributed by atoms with E-state index in [0.29, 0.717) is 25.7 Å². The summed E-state index contributed by atoms with van der Waals surface area (Å²) in [5.41, 5.74) is 0. The topological polar surface area (TPSA) is 237 Å². The van der Waals surface area contributed by atoms with Gasteiger partial charge in [0.2, 0.25) is 0 Å². The Bertz CT molecular complexity index is 2050. The quantitative estimate of drug-likeness (QED) is 0.0222. The summed E-state index contributed by atoms with van der Waals surface area (Å²) in [6.07, 6.45) is 72.2. The van der Waals surface area contributed by atoms with Crippen molar-refractivity contribution in [2.75, 3.05) is 39.6 Å². The van der Waals surface area contributed by atoms with Gasteiger partial charge in [-0.05, 0) is 37.5 Å². The van der Waals surface area contributed by atoms with E-state index >= 15 is 0 Å². The van der Waals surface area contributed by atoms with E-state index in [1.807, 2.05) is 0 Å². The SMILES string of the molecule is CCCCCCCCCCCCCCCCCCCCC(=O)OC[C@H](COP(=O)(O)OC[C@@H](O)COP(=O)(O)OC[C@@H](COC(=O)CCCCCCCCCCC(C)C)OC(=O)CCCCCCCCCCCCCCCCCC)OC(=O)CCCCCCCCCCCCCCCCCCCCC(C)CC. The summed E-state index contributed by atoms with van der Waals surface area (Å²) in [6, 6.07) is 0. The monoisotopic (exact) mass is 1560 g/mol. The van der Waals surface area contributed by atoms with E-state index in [4.69, 9.17) is 37.0 Å². The zero-order valence-corrected chi connectivity index (χ0v) is 72.2. The lowest BCUT2D eigenvalue weighted by Crippen LogP contribution is -2.30. The molecule has 0 aliphatic carbocycles. The van der Waals surface area contributed by atoms with Crippen LogP contribution in [-0.2, 0) is 65.4 Å². The molecule has 6 atom stereocenters. The van der Waals surface area contributed by atoms with Gasteiger partial charge in [0.15, 0.2) is 12.2 Å². The third-order valence-electron chi connectivity index (χ3n) is 21.1. The van der Waals surface area contributed by atoms with Crippen LogP contribution in [-0.4, -0.2) is 96.7 Å². The second-order valence-electron chi connectivity index (χ2n) is 32.4. The average Bonchev–Trinajstić information content (AvgIpc) is 0.914. The summed E-state index contributed by atoms with van der Waals surface area (Å²) < 4.78 is 69.0. The Morgan fingerprint density at radius 3 is 0.710 bits per heavy atom. The first-order valence-corrected chi connectivity index (χ1v) is 48.5. The first-order valence-electron chi connectivity index (χ1n) is 45.5. The minimum Gasteiger partial charge on any atom is -0.462 e. The number of hydrogen-bond acceptors (Lipinski definition) is 15. The maximum atomic E-state index is 13.2. The Kier molecular flexibility index (Phi) is 77.9. The number of phosphoric acid groups is 2. The number of esters is 4. The zero-order chi connectivity index (χ0) is 78.5. The number of carbonyl (C=O) groups excluding carboxylic acids is 4. The van der Waals surface area contributed by atoms with Crippen LogP contribution in [0, 0.1) is 11.8 Å². The van der Waals surface area contributed by atoms with Crippen molar-refractivity contribution >= 4 is 39.5 Å². The minimum absolute atomic E-state index is 0.108. The summed E-state index contributed by atoms with van der Waals surface area (Å²) in [7, 11) is -9.93. The normalized spacial score (nSPS) is 14.0. The van der Waals surface area contributed by atoms with E-state index in [-0.39, 0.29) is 25.7 Å². The summed E-state index contributed by atoms with van der Waals surface area (Å²) in [6.45, 7) is 9.72. The van der Waals surface area contributed by atoms with E-state index in [9.17, 15) is 43.2 Å². The van der Waals surface area contributed by atoms with Crippen LogP contribution in [0.2, 0.25) is 0 Å². The molecule has 0 aromatic carbocycles. The van der Waals surface area contributed by atoms with Crippen molar-refractivity contribution in [2.45, 2.75) is 490 Å². The maximum Gasteiger partial charge on any atom is 0.472 e. The molecule has 0 saturated carbocycles. The smallest absolute Gasteiger partial charge is 0.462 e. The molecule has 19 heteroatoms. The largest absolute Gasteiger partial charge is 0.472 e. The molecule has 0 spiro atoms. The Morgan fingerprint density at radius 2 is 0.477 bits per heavy atom. The molecule has 0 aliphatic heterocycles. The number of aliphatic hydroxyl groups is 1. The van der Waals surface area contributed by atoms with Crippen molar-refractivity contribution < 1.29 is 80.2 Å². The van der Waals surface area contributed by atoms with Gasteiger partial charge in [-0.1, -0.05) is 420 Å². The summed E-state index contributed by atoms with van der Waals surface area (Å²) >= 11 is 0. The number of phosphoric ester groups is 2. The molecule has 0 bridgehead atoms. The molecule has 0 aromatic rings. The van der Waals surface area contributed by atoms with Gasteiger partial charge in [0.1, 0.15) is 19.3 Å². The van der Waals surface area contributed by atoms with Crippen LogP contribution >= 0.6 is 15.6 Å². The van der Waals surface area contributed by atoms with Gasteiger partial charge in [0.05, 0.1) is 26.4 Å². The van der Waals surface area contributed by atoms with E-state index in [1.54, 1.807) is 0 Å². The van der Waals surface area contributed by atoms with Crippen molar-refractivity contribution in [3.05, 3.63) is 0 Å². The summed E-state index contributed by atoms with van der Waals surface area (Å²) in [4.78, 5) is 73.3. The standard InChI is InChI=1S/C88H172O17P2/c1-7-10-12-14-16-18-20-22-24-26-30-34-37-41-45-52-58-64-70-85(90)98-76-83(104-87(92)73-67-61-55-47-43-39-35-31-28-27-29-32-36-40-44-51-57-63-69-81(6)9-3)78-102-106(94,95)100-74-82(89)75-101-107(96,97)103-79-84(77-99-86(91)71-65-59-53-49-48-50-56-62-68-80(4)5)105-88(93)72-66-60-54-46-42-38-33-25-23-21-19-17-15-13-11-8-2/h80-84,89H,7-79H2,1-6H3,(H,94,95)(H,96,97)/t81?,82-,83-,84-/m1/s1. The fourth-order valence-corrected chi connectivity index (χ4v) is 15.3. The molecule has 0 saturated heterocycles. The average molecular weight is 1560 g/mol. The fourth-order valence-electron chi connectivity index (χ4n) is 13.7. The van der Waals surface area contributed by atoms with Crippen molar-refractivity contribution in [3.8, 4) is 0 Å². The Balaban J connectivity index is 5.23. The molecule has 0 rings (SSSR count).